The van der Waals surface area contributed by atoms with Crippen LogP contribution >= 0.6 is 24.0 Å². The number of benzene rings is 2. The lowest BCUT2D eigenvalue weighted by Crippen LogP contribution is -2.28. The molecule has 0 radical (unpaired) electrons. The zero-order chi connectivity index (χ0) is 19.3. The van der Waals surface area contributed by atoms with Gasteiger partial charge in [0.1, 0.15) is 0 Å². The van der Waals surface area contributed by atoms with Crippen LogP contribution < -0.4 is 9.80 Å². The first-order valence-corrected chi connectivity index (χ1v) is 9.41. The van der Waals surface area contributed by atoms with Crippen molar-refractivity contribution < 1.29 is 14.4 Å². The van der Waals surface area contributed by atoms with Crippen LogP contribution in [0.5, 0.6) is 0 Å². The number of nitrogens with zero attached hydrogens (tertiary/aromatic N) is 2. The summed E-state index contributed by atoms with van der Waals surface area (Å²) in [5.41, 5.74) is 3.02. The summed E-state index contributed by atoms with van der Waals surface area (Å²) in [6.07, 6.45) is 0. The van der Waals surface area contributed by atoms with E-state index in [9.17, 15) is 14.4 Å². The maximum Gasteiger partial charge on any atom is 0.271 e. The minimum absolute atomic E-state index is 0.0507. The number of fused-ring (bicyclic) bond motifs is 1. The summed E-state index contributed by atoms with van der Waals surface area (Å²) in [4.78, 5) is 40.6. The molecule has 2 amide bonds. The summed E-state index contributed by atoms with van der Waals surface area (Å²) < 4.78 is 0.359. The number of Topliss-reactive ketones (excluding diaryl/α,β-unsaturated/α-hetero) is 1. The van der Waals surface area contributed by atoms with Crippen molar-refractivity contribution in [3.05, 3.63) is 64.6 Å². The number of thiocarbonyl (C=S) groups is 1. The molecule has 0 spiro atoms. The lowest BCUT2D eigenvalue weighted by Gasteiger charge is -2.14. The molecule has 7 heteroatoms. The van der Waals surface area contributed by atoms with Crippen LogP contribution in [0.25, 0.3) is 5.57 Å². The SMILES string of the molecule is CC(=O)c1ccc(N2C(=O)C(=C3C(=O)N(C)c4ccccc43)SC2=S)cc1. The second-order valence-corrected chi connectivity index (χ2v) is 7.84. The Morgan fingerprint density at radius 2 is 1.67 bits per heavy atom. The number of thioether (sulfide) groups is 1. The number of likely N-dealkylation sites (N-methyl/N-ethyl adjacent to an activating group) is 1. The fraction of sp³-hybridized carbons (Fsp3) is 0.100. The lowest BCUT2D eigenvalue weighted by molar-refractivity contribution is -0.115. The van der Waals surface area contributed by atoms with E-state index in [1.54, 1.807) is 36.2 Å². The maximum atomic E-state index is 13.1. The molecule has 4 rings (SSSR count). The molecule has 2 aliphatic heterocycles. The van der Waals surface area contributed by atoms with E-state index in [-0.39, 0.29) is 17.6 Å². The number of hydrogen-bond acceptors (Lipinski definition) is 5. The standard InChI is InChI=1S/C20H14N2O3S2/c1-11(23)12-7-9-13(10-8-12)22-19(25)17(27-20(22)26)16-14-5-3-4-6-15(14)21(2)18(16)24/h3-10H,1-2H3. The quantitative estimate of drug-likeness (QED) is 0.442. The highest BCUT2D eigenvalue weighted by Crippen LogP contribution is 2.44. The molecular formula is C20H14N2O3S2. The predicted molar refractivity (Wildman–Crippen MR) is 111 cm³/mol. The first kappa shape index (κ1) is 17.6. The Kier molecular flexibility index (Phi) is 4.20. The second kappa shape index (κ2) is 6.44. The Morgan fingerprint density at radius 3 is 2.33 bits per heavy atom. The van der Waals surface area contributed by atoms with Gasteiger partial charge in [-0.2, -0.15) is 0 Å². The highest BCUT2D eigenvalue weighted by Gasteiger charge is 2.41. The van der Waals surface area contributed by atoms with Gasteiger partial charge in [-0.25, -0.2) is 0 Å². The summed E-state index contributed by atoms with van der Waals surface area (Å²) >= 11 is 6.53. The van der Waals surface area contributed by atoms with Gasteiger partial charge in [-0.1, -0.05) is 42.2 Å². The molecule has 0 bridgehead atoms. The Bertz CT molecular complexity index is 1060. The van der Waals surface area contributed by atoms with Crippen molar-refractivity contribution in [3.63, 3.8) is 0 Å². The number of anilines is 2. The van der Waals surface area contributed by atoms with E-state index in [2.05, 4.69) is 0 Å². The number of carbonyl (C=O) groups excluding carboxylic acids is 3. The molecule has 5 nitrogen and oxygen atoms in total. The van der Waals surface area contributed by atoms with E-state index in [4.69, 9.17) is 12.2 Å². The number of hydrogen-bond donors (Lipinski definition) is 0. The second-order valence-electron chi connectivity index (χ2n) is 6.20. The minimum Gasteiger partial charge on any atom is -0.311 e. The van der Waals surface area contributed by atoms with Gasteiger partial charge in [0, 0.05) is 18.2 Å². The van der Waals surface area contributed by atoms with Gasteiger partial charge in [0.2, 0.25) is 0 Å². The van der Waals surface area contributed by atoms with Crippen molar-refractivity contribution in [2.45, 2.75) is 6.92 Å². The average Bonchev–Trinajstić information content (AvgIpc) is 3.08. The highest BCUT2D eigenvalue weighted by molar-refractivity contribution is 8.27. The van der Waals surface area contributed by atoms with E-state index in [1.165, 1.54) is 11.8 Å². The number of para-hydroxylation sites is 1. The molecule has 134 valence electrons. The Balaban J connectivity index is 1.79. The van der Waals surface area contributed by atoms with E-state index in [1.807, 2.05) is 24.3 Å². The molecule has 27 heavy (non-hydrogen) atoms. The molecule has 1 fully saturated rings. The minimum atomic E-state index is -0.325. The van der Waals surface area contributed by atoms with Crippen molar-refractivity contribution >= 4 is 62.8 Å². The van der Waals surface area contributed by atoms with Gasteiger partial charge in [-0.3, -0.25) is 19.3 Å². The van der Waals surface area contributed by atoms with Gasteiger partial charge in [0.25, 0.3) is 11.8 Å². The van der Waals surface area contributed by atoms with Crippen LogP contribution in [0.3, 0.4) is 0 Å². The molecule has 0 aromatic heterocycles. The third-order valence-corrected chi connectivity index (χ3v) is 5.95. The molecular weight excluding hydrogens is 380 g/mol. The van der Waals surface area contributed by atoms with Crippen LogP contribution in [0, 0.1) is 0 Å². The fourth-order valence-electron chi connectivity index (χ4n) is 3.18. The molecule has 2 aliphatic rings. The van der Waals surface area contributed by atoms with E-state index >= 15 is 0 Å². The third-order valence-electron chi connectivity index (χ3n) is 4.58. The average molecular weight is 394 g/mol. The van der Waals surface area contributed by atoms with Crippen LogP contribution in [-0.4, -0.2) is 29.0 Å². The number of rotatable bonds is 2. The van der Waals surface area contributed by atoms with Gasteiger partial charge < -0.3 is 4.90 Å². The van der Waals surface area contributed by atoms with Crippen LogP contribution in [0.2, 0.25) is 0 Å². The molecule has 2 aromatic carbocycles. The molecule has 2 heterocycles. The van der Waals surface area contributed by atoms with E-state index in [0.717, 1.165) is 23.0 Å². The van der Waals surface area contributed by atoms with Gasteiger partial charge in [-0.15, -0.1) is 0 Å². The van der Waals surface area contributed by atoms with Crippen molar-refractivity contribution in [2.24, 2.45) is 0 Å². The number of carbonyl (C=O) groups is 3. The van der Waals surface area contributed by atoms with Gasteiger partial charge in [0.15, 0.2) is 10.1 Å². The molecule has 0 unspecified atom stereocenters. The summed E-state index contributed by atoms with van der Waals surface area (Å²) in [5.74, 6) is -0.595. The zero-order valence-electron chi connectivity index (χ0n) is 14.6. The molecule has 2 aromatic rings. The molecule has 0 aliphatic carbocycles. The fourth-order valence-corrected chi connectivity index (χ4v) is 4.55. The van der Waals surface area contributed by atoms with Gasteiger partial charge in [0.05, 0.1) is 21.9 Å². The van der Waals surface area contributed by atoms with Crippen LogP contribution in [0.1, 0.15) is 22.8 Å². The number of amides is 2. The van der Waals surface area contributed by atoms with Crippen LogP contribution in [0.15, 0.2) is 53.4 Å². The van der Waals surface area contributed by atoms with Crippen molar-refractivity contribution in [1.82, 2.24) is 0 Å². The Labute approximate surface area is 165 Å². The maximum absolute atomic E-state index is 13.1. The smallest absolute Gasteiger partial charge is 0.271 e. The first-order valence-electron chi connectivity index (χ1n) is 8.19. The van der Waals surface area contributed by atoms with Gasteiger partial charge in [-0.05, 0) is 37.3 Å². The summed E-state index contributed by atoms with van der Waals surface area (Å²) in [5, 5.41) is 0. The van der Waals surface area contributed by atoms with E-state index in [0.29, 0.717) is 26.0 Å². The van der Waals surface area contributed by atoms with Crippen molar-refractivity contribution in [1.29, 1.82) is 0 Å². The topological polar surface area (TPSA) is 57.7 Å². The summed E-state index contributed by atoms with van der Waals surface area (Å²) in [7, 11) is 1.69. The Hall–Kier alpha value is -2.77. The number of ketones is 1. The Morgan fingerprint density at radius 1 is 1.00 bits per heavy atom. The monoisotopic (exact) mass is 394 g/mol. The third kappa shape index (κ3) is 2.70. The molecule has 0 N–H and O–H groups in total. The van der Waals surface area contributed by atoms with Crippen LogP contribution in [-0.2, 0) is 9.59 Å². The predicted octanol–water partition coefficient (Wildman–Crippen LogP) is 3.64. The molecule has 1 saturated heterocycles. The zero-order valence-corrected chi connectivity index (χ0v) is 16.2. The summed E-state index contributed by atoms with van der Waals surface area (Å²) in [6, 6.07) is 14.1. The summed E-state index contributed by atoms with van der Waals surface area (Å²) in [6.45, 7) is 1.48. The molecule has 0 atom stereocenters. The lowest BCUT2D eigenvalue weighted by atomic mass is 10.1. The highest BCUT2D eigenvalue weighted by atomic mass is 32.2. The van der Waals surface area contributed by atoms with Crippen molar-refractivity contribution in [3.8, 4) is 0 Å². The van der Waals surface area contributed by atoms with Gasteiger partial charge >= 0.3 is 0 Å². The van der Waals surface area contributed by atoms with Crippen molar-refractivity contribution in [2.75, 3.05) is 16.8 Å². The first-order chi connectivity index (χ1) is 12.9. The van der Waals surface area contributed by atoms with E-state index < -0.39 is 0 Å². The molecule has 0 saturated carbocycles. The van der Waals surface area contributed by atoms with Crippen LogP contribution in [0.4, 0.5) is 11.4 Å². The largest absolute Gasteiger partial charge is 0.311 e. The normalized spacial score (nSPS) is 19.1.